The molecule has 4 nitrogen and oxygen atoms in total. The Labute approximate surface area is 148 Å². The van der Waals surface area contributed by atoms with Gasteiger partial charge >= 0.3 is 0 Å². The average molecular weight is 338 g/mol. The largest absolute Gasteiger partial charge is 0.440 e. The molecule has 4 heteroatoms. The molecule has 2 saturated carbocycles. The minimum atomic E-state index is 0.346. The number of amides is 1. The van der Waals surface area contributed by atoms with Gasteiger partial charge in [0.05, 0.1) is 0 Å². The van der Waals surface area contributed by atoms with Crippen LogP contribution in [0.1, 0.15) is 56.8 Å². The van der Waals surface area contributed by atoms with Crippen molar-refractivity contribution in [2.45, 2.75) is 50.9 Å². The van der Waals surface area contributed by atoms with Gasteiger partial charge in [-0.1, -0.05) is 18.6 Å². The highest BCUT2D eigenvalue weighted by molar-refractivity contribution is 5.76. The molecule has 1 saturated heterocycles. The lowest BCUT2D eigenvalue weighted by molar-refractivity contribution is -0.133. The second-order valence-electron chi connectivity index (χ2n) is 8.31. The summed E-state index contributed by atoms with van der Waals surface area (Å²) in [5.74, 6) is 4.01. The number of nitrogens with zero attached hydrogens (tertiary/aromatic N) is 2. The Kier molecular flexibility index (Phi) is 3.79. The zero-order chi connectivity index (χ0) is 16.8. The number of oxazole rings is 1. The van der Waals surface area contributed by atoms with Gasteiger partial charge in [-0.05, 0) is 62.0 Å². The molecule has 3 fully saturated rings. The van der Waals surface area contributed by atoms with Crippen molar-refractivity contribution in [3.05, 3.63) is 30.2 Å². The van der Waals surface area contributed by atoms with Crippen LogP contribution in [0.5, 0.6) is 0 Å². The molecule has 1 aromatic heterocycles. The first-order valence-electron chi connectivity index (χ1n) is 9.89. The van der Waals surface area contributed by atoms with Crippen molar-refractivity contribution in [1.82, 2.24) is 9.88 Å². The Morgan fingerprint density at radius 1 is 1.12 bits per heavy atom. The molecule has 5 rings (SSSR count). The molecule has 25 heavy (non-hydrogen) atoms. The Balaban J connectivity index is 1.18. The van der Waals surface area contributed by atoms with Gasteiger partial charge in [0.2, 0.25) is 5.91 Å². The number of carbonyl (C=O) groups excluding carboxylic acids is 1. The number of aromatic nitrogens is 1. The average Bonchev–Trinajstić information content (AvgIpc) is 3.36. The predicted octanol–water partition coefficient (Wildman–Crippen LogP) is 4.36. The molecule has 2 aliphatic carbocycles. The van der Waals surface area contributed by atoms with E-state index in [9.17, 15) is 4.79 Å². The van der Waals surface area contributed by atoms with Gasteiger partial charge in [-0.2, -0.15) is 0 Å². The molecule has 2 bridgehead atoms. The van der Waals surface area contributed by atoms with Crippen LogP contribution >= 0.6 is 0 Å². The Morgan fingerprint density at radius 2 is 1.96 bits per heavy atom. The van der Waals surface area contributed by atoms with Crippen molar-refractivity contribution in [2.24, 2.45) is 17.8 Å². The maximum Gasteiger partial charge on any atom is 0.222 e. The number of hydrogen-bond donors (Lipinski definition) is 0. The van der Waals surface area contributed by atoms with Crippen molar-refractivity contribution in [3.8, 4) is 0 Å². The summed E-state index contributed by atoms with van der Waals surface area (Å²) in [7, 11) is 0. The Hall–Kier alpha value is -1.84. The van der Waals surface area contributed by atoms with E-state index < -0.39 is 0 Å². The van der Waals surface area contributed by atoms with Crippen molar-refractivity contribution < 1.29 is 9.21 Å². The van der Waals surface area contributed by atoms with Crippen LogP contribution in [0.25, 0.3) is 11.1 Å². The predicted molar refractivity (Wildman–Crippen MR) is 96.1 cm³/mol. The molecule has 3 aliphatic rings. The third-order valence-electron chi connectivity index (χ3n) is 6.83. The summed E-state index contributed by atoms with van der Waals surface area (Å²) in [5.41, 5.74) is 1.81. The van der Waals surface area contributed by atoms with E-state index in [1.165, 1.54) is 25.7 Å². The monoisotopic (exact) mass is 338 g/mol. The fraction of sp³-hybridized carbons (Fsp3) is 0.619. The van der Waals surface area contributed by atoms with E-state index in [1.807, 2.05) is 24.3 Å². The van der Waals surface area contributed by atoms with Crippen LogP contribution in [0.4, 0.5) is 0 Å². The fourth-order valence-corrected chi connectivity index (χ4v) is 5.42. The molecule has 1 aromatic carbocycles. The number of hydrogen-bond acceptors (Lipinski definition) is 3. The summed E-state index contributed by atoms with van der Waals surface area (Å²) < 4.78 is 5.93. The first-order chi connectivity index (χ1) is 12.3. The van der Waals surface area contributed by atoms with Crippen LogP contribution in [0.2, 0.25) is 0 Å². The highest BCUT2D eigenvalue weighted by Crippen LogP contribution is 2.49. The zero-order valence-electron chi connectivity index (χ0n) is 14.7. The summed E-state index contributed by atoms with van der Waals surface area (Å²) in [6.07, 6.45) is 8.18. The molecule has 0 unspecified atom stereocenters. The first kappa shape index (κ1) is 15.4. The highest BCUT2D eigenvalue weighted by Gasteiger charge is 2.41. The van der Waals surface area contributed by atoms with Crippen LogP contribution in [0.3, 0.4) is 0 Å². The maximum atomic E-state index is 12.7. The summed E-state index contributed by atoms with van der Waals surface area (Å²) in [6.45, 7) is 1.70. The third kappa shape index (κ3) is 2.86. The molecule has 1 amide bonds. The minimum Gasteiger partial charge on any atom is -0.440 e. The molecule has 1 aliphatic heterocycles. The van der Waals surface area contributed by atoms with Crippen LogP contribution in [0.15, 0.2) is 28.7 Å². The van der Waals surface area contributed by atoms with Crippen LogP contribution in [-0.4, -0.2) is 28.9 Å². The number of likely N-dealkylation sites (tertiary alicyclic amines) is 1. The quantitative estimate of drug-likeness (QED) is 0.835. The summed E-state index contributed by atoms with van der Waals surface area (Å²) in [4.78, 5) is 19.4. The molecule has 0 spiro atoms. The van der Waals surface area contributed by atoms with Crippen LogP contribution in [0, 0.1) is 17.8 Å². The van der Waals surface area contributed by atoms with Gasteiger partial charge in [0.25, 0.3) is 0 Å². The van der Waals surface area contributed by atoms with E-state index in [0.29, 0.717) is 17.7 Å². The number of carbonyl (C=O) groups is 1. The van der Waals surface area contributed by atoms with Gasteiger partial charge in [-0.15, -0.1) is 0 Å². The van der Waals surface area contributed by atoms with E-state index in [2.05, 4.69) is 9.88 Å². The van der Waals surface area contributed by atoms with Gasteiger partial charge in [-0.25, -0.2) is 4.98 Å². The highest BCUT2D eigenvalue weighted by atomic mass is 16.3. The van der Waals surface area contributed by atoms with E-state index in [-0.39, 0.29) is 0 Å². The Bertz CT molecular complexity index is 742. The number of fused-ring (bicyclic) bond motifs is 3. The molecule has 132 valence electrons. The normalized spacial score (nSPS) is 29.6. The standard InChI is InChI=1S/C21H26N2O2/c24-20(13-17-12-14-5-6-16(17)11-14)23-9-7-15(8-10-23)21-22-18-3-1-2-4-19(18)25-21/h1-4,14-17H,5-13H2/t14-,16+,17+/m0/s1. The third-order valence-corrected chi connectivity index (χ3v) is 6.83. The van der Waals surface area contributed by atoms with Gasteiger partial charge in [-0.3, -0.25) is 4.79 Å². The van der Waals surface area contributed by atoms with E-state index in [1.54, 1.807) is 0 Å². The molecule has 2 aromatic rings. The van der Waals surface area contributed by atoms with Crippen molar-refractivity contribution in [1.29, 1.82) is 0 Å². The van der Waals surface area contributed by atoms with E-state index in [0.717, 1.165) is 61.2 Å². The molecule has 0 N–H and O–H groups in total. The van der Waals surface area contributed by atoms with Crippen LogP contribution in [-0.2, 0) is 4.79 Å². The van der Waals surface area contributed by atoms with E-state index >= 15 is 0 Å². The smallest absolute Gasteiger partial charge is 0.222 e. The number of rotatable bonds is 3. The molecular formula is C21H26N2O2. The zero-order valence-corrected chi connectivity index (χ0v) is 14.7. The molecule has 3 atom stereocenters. The van der Waals surface area contributed by atoms with Crippen molar-refractivity contribution in [2.75, 3.05) is 13.1 Å². The molecule has 2 heterocycles. The SMILES string of the molecule is O=C(C[C@H]1C[C@H]2CC[C@@H]1C2)N1CCC(c2nc3ccccc3o2)CC1. The topological polar surface area (TPSA) is 46.3 Å². The van der Waals surface area contributed by atoms with Gasteiger partial charge in [0, 0.05) is 25.4 Å². The summed E-state index contributed by atoms with van der Waals surface area (Å²) in [6, 6.07) is 7.94. The van der Waals surface area contributed by atoms with Gasteiger partial charge < -0.3 is 9.32 Å². The lowest BCUT2D eigenvalue weighted by atomic mass is 9.86. The lowest BCUT2D eigenvalue weighted by Crippen LogP contribution is -2.39. The van der Waals surface area contributed by atoms with Gasteiger partial charge in [0.15, 0.2) is 11.5 Å². The fourth-order valence-electron chi connectivity index (χ4n) is 5.42. The second kappa shape index (κ2) is 6.15. The van der Waals surface area contributed by atoms with Gasteiger partial charge in [0.1, 0.15) is 5.52 Å². The lowest BCUT2D eigenvalue weighted by Gasteiger charge is -2.32. The first-order valence-corrected chi connectivity index (χ1v) is 9.89. The molecule has 0 radical (unpaired) electrons. The minimum absolute atomic E-state index is 0.346. The Morgan fingerprint density at radius 3 is 2.68 bits per heavy atom. The molecular weight excluding hydrogens is 312 g/mol. The van der Waals surface area contributed by atoms with Crippen molar-refractivity contribution >= 4 is 17.0 Å². The summed E-state index contributed by atoms with van der Waals surface area (Å²) >= 11 is 0. The maximum absolute atomic E-state index is 12.7. The summed E-state index contributed by atoms with van der Waals surface area (Å²) in [5, 5.41) is 0. The van der Waals surface area contributed by atoms with Crippen molar-refractivity contribution in [3.63, 3.8) is 0 Å². The second-order valence-corrected chi connectivity index (χ2v) is 8.31. The van der Waals surface area contributed by atoms with E-state index in [4.69, 9.17) is 4.42 Å². The number of benzene rings is 1. The number of para-hydroxylation sites is 2. The van der Waals surface area contributed by atoms with Crippen LogP contribution < -0.4 is 0 Å². The number of piperidine rings is 1.